The highest BCUT2D eigenvalue weighted by Crippen LogP contribution is 2.18. The monoisotopic (exact) mass is 555 g/mol. The molecule has 1 aromatic carbocycles. The first-order valence-electron chi connectivity index (χ1n) is 15.3. The summed E-state index contributed by atoms with van der Waals surface area (Å²) in [6.07, 6.45) is 12.3. The standard InChI is InChI=1S/C33H53N3O4/c1-6-8-9-10-11-12-13-20-32(37)35(22-16-23-39-4)27-33(38)36(28(3)7-2)26-30-18-15-21-34(30)25-29-17-14-19-31(24-29)40-5/h14-15,17-19,21,24,28H,6-13,16,20,22-23,25-27H2,1-5H3. The minimum absolute atomic E-state index is 0.00573. The first-order chi connectivity index (χ1) is 19.4. The summed E-state index contributed by atoms with van der Waals surface area (Å²) in [4.78, 5) is 30.6. The van der Waals surface area contributed by atoms with E-state index in [0.717, 1.165) is 42.7 Å². The molecule has 0 aliphatic heterocycles. The lowest BCUT2D eigenvalue weighted by Gasteiger charge is -2.32. The van der Waals surface area contributed by atoms with Crippen LogP contribution in [0, 0.1) is 0 Å². The third-order valence-corrected chi connectivity index (χ3v) is 7.64. The fraction of sp³-hybridized carbons (Fsp3) is 0.636. The Bertz CT molecular complexity index is 990. The zero-order valence-corrected chi connectivity index (χ0v) is 25.7. The van der Waals surface area contributed by atoms with Gasteiger partial charge in [-0.2, -0.15) is 0 Å². The van der Waals surface area contributed by atoms with Crippen LogP contribution in [0.1, 0.15) is 96.2 Å². The largest absolute Gasteiger partial charge is 0.497 e. The normalized spacial score (nSPS) is 11.8. The lowest BCUT2D eigenvalue weighted by Crippen LogP contribution is -2.46. The van der Waals surface area contributed by atoms with Crippen LogP contribution in [0.4, 0.5) is 0 Å². The molecule has 0 fully saturated rings. The van der Waals surface area contributed by atoms with E-state index >= 15 is 0 Å². The number of hydrogen-bond acceptors (Lipinski definition) is 4. The second kappa shape index (κ2) is 19.3. The molecule has 2 aromatic rings. The molecule has 2 rings (SSSR count). The van der Waals surface area contributed by atoms with E-state index in [4.69, 9.17) is 9.47 Å². The van der Waals surface area contributed by atoms with Crippen molar-refractivity contribution in [2.24, 2.45) is 0 Å². The summed E-state index contributed by atoms with van der Waals surface area (Å²) in [6, 6.07) is 12.2. The molecule has 2 amide bonds. The number of nitrogens with zero attached hydrogens (tertiary/aromatic N) is 3. The number of methoxy groups -OCH3 is 2. The summed E-state index contributed by atoms with van der Waals surface area (Å²) in [5.74, 6) is 0.898. The first-order valence-corrected chi connectivity index (χ1v) is 15.3. The maximum Gasteiger partial charge on any atom is 0.242 e. The third kappa shape index (κ3) is 11.7. The maximum atomic E-state index is 13.7. The average molecular weight is 556 g/mol. The smallest absolute Gasteiger partial charge is 0.242 e. The number of carbonyl (C=O) groups excluding carboxylic acids is 2. The molecule has 1 atom stereocenters. The van der Waals surface area contributed by atoms with Gasteiger partial charge >= 0.3 is 0 Å². The van der Waals surface area contributed by atoms with Crippen molar-refractivity contribution in [2.45, 2.75) is 104 Å². The molecule has 1 unspecified atom stereocenters. The SMILES string of the molecule is CCCCCCCCCC(=O)N(CCCOC)CC(=O)N(Cc1cccn1Cc1cccc(OC)c1)C(C)CC. The van der Waals surface area contributed by atoms with Crippen molar-refractivity contribution in [3.8, 4) is 5.75 Å². The summed E-state index contributed by atoms with van der Waals surface area (Å²) in [5, 5.41) is 0. The van der Waals surface area contributed by atoms with Gasteiger partial charge < -0.3 is 23.8 Å². The van der Waals surface area contributed by atoms with Crippen molar-refractivity contribution < 1.29 is 19.1 Å². The van der Waals surface area contributed by atoms with Gasteiger partial charge in [-0.15, -0.1) is 0 Å². The molecule has 1 aromatic heterocycles. The molecule has 40 heavy (non-hydrogen) atoms. The highest BCUT2D eigenvalue weighted by Gasteiger charge is 2.25. The Hall–Kier alpha value is -2.80. The highest BCUT2D eigenvalue weighted by atomic mass is 16.5. The Labute approximate surface area is 242 Å². The molecule has 0 N–H and O–H groups in total. The van der Waals surface area contributed by atoms with Gasteiger partial charge in [0.15, 0.2) is 0 Å². The number of amides is 2. The Balaban J connectivity index is 2.06. The molecule has 224 valence electrons. The molecule has 1 heterocycles. The van der Waals surface area contributed by atoms with E-state index in [2.05, 4.69) is 43.7 Å². The van der Waals surface area contributed by atoms with E-state index in [-0.39, 0.29) is 24.4 Å². The topological polar surface area (TPSA) is 64.0 Å². The molecule has 0 aliphatic carbocycles. The molecule has 0 saturated carbocycles. The second-order valence-electron chi connectivity index (χ2n) is 10.8. The van der Waals surface area contributed by atoms with Crippen LogP contribution >= 0.6 is 0 Å². The zero-order chi connectivity index (χ0) is 29.2. The molecule has 0 radical (unpaired) electrons. The fourth-order valence-corrected chi connectivity index (χ4v) is 4.94. The van der Waals surface area contributed by atoms with Gasteiger partial charge in [0, 0.05) is 51.2 Å². The van der Waals surface area contributed by atoms with Crippen molar-refractivity contribution >= 4 is 11.8 Å². The quantitative estimate of drug-likeness (QED) is 0.161. The Morgan fingerprint density at radius 2 is 1.68 bits per heavy atom. The van der Waals surface area contributed by atoms with Gasteiger partial charge in [-0.25, -0.2) is 0 Å². The van der Waals surface area contributed by atoms with Crippen molar-refractivity contribution in [1.29, 1.82) is 0 Å². The zero-order valence-electron chi connectivity index (χ0n) is 25.7. The number of hydrogen-bond donors (Lipinski definition) is 0. The van der Waals surface area contributed by atoms with Crippen LogP contribution in [0.25, 0.3) is 0 Å². The summed E-state index contributed by atoms with van der Waals surface area (Å²) in [7, 11) is 3.34. The van der Waals surface area contributed by atoms with Gasteiger partial charge in [-0.3, -0.25) is 9.59 Å². The molecular formula is C33H53N3O4. The van der Waals surface area contributed by atoms with Crippen molar-refractivity contribution in [3.05, 3.63) is 53.9 Å². The second-order valence-corrected chi connectivity index (χ2v) is 10.8. The minimum atomic E-state index is -0.00573. The van der Waals surface area contributed by atoms with E-state index in [1.54, 1.807) is 19.1 Å². The van der Waals surface area contributed by atoms with E-state index < -0.39 is 0 Å². The van der Waals surface area contributed by atoms with Crippen molar-refractivity contribution in [2.75, 3.05) is 33.9 Å². The molecular weight excluding hydrogens is 502 g/mol. The van der Waals surface area contributed by atoms with Gasteiger partial charge in [0.1, 0.15) is 5.75 Å². The highest BCUT2D eigenvalue weighted by molar-refractivity contribution is 5.85. The van der Waals surface area contributed by atoms with Crippen LogP contribution in [-0.4, -0.2) is 66.1 Å². The first kappa shape index (κ1) is 33.4. The number of carbonyl (C=O) groups is 2. The molecule has 7 heteroatoms. The van der Waals surface area contributed by atoms with Gasteiger partial charge in [0.2, 0.25) is 11.8 Å². The Kier molecular flexibility index (Phi) is 16.1. The number of ether oxygens (including phenoxy) is 2. The molecule has 0 saturated heterocycles. The summed E-state index contributed by atoms with van der Waals surface area (Å²) < 4.78 is 12.8. The van der Waals surface area contributed by atoms with E-state index in [9.17, 15) is 9.59 Å². The predicted molar refractivity (Wildman–Crippen MR) is 163 cm³/mol. The van der Waals surface area contributed by atoms with E-state index in [0.29, 0.717) is 32.7 Å². The molecule has 0 aliphatic rings. The lowest BCUT2D eigenvalue weighted by atomic mass is 10.1. The van der Waals surface area contributed by atoms with Gasteiger partial charge in [-0.05, 0) is 56.0 Å². The molecule has 0 spiro atoms. The Morgan fingerprint density at radius 3 is 2.38 bits per heavy atom. The van der Waals surface area contributed by atoms with Crippen molar-refractivity contribution in [3.63, 3.8) is 0 Å². The van der Waals surface area contributed by atoms with Crippen LogP contribution in [0.5, 0.6) is 5.75 Å². The fourth-order valence-electron chi connectivity index (χ4n) is 4.94. The predicted octanol–water partition coefficient (Wildman–Crippen LogP) is 6.68. The van der Waals surface area contributed by atoms with E-state index in [1.807, 2.05) is 29.2 Å². The summed E-state index contributed by atoms with van der Waals surface area (Å²) in [5.41, 5.74) is 2.20. The van der Waals surface area contributed by atoms with Crippen LogP contribution in [0.3, 0.4) is 0 Å². The van der Waals surface area contributed by atoms with Gasteiger partial charge in [-0.1, -0.05) is 64.5 Å². The van der Waals surface area contributed by atoms with Crippen LogP contribution in [0.15, 0.2) is 42.6 Å². The number of unbranched alkanes of at least 4 members (excludes halogenated alkanes) is 6. The van der Waals surface area contributed by atoms with Gasteiger partial charge in [0.25, 0.3) is 0 Å². The summed E-state index contributed by atoms with van der Waals surface area (Å²) in [6.45, 7) is 8.83. The lowest BCUT2D eigenvalue weighted by molar-refractivity contribution is -0.142. The van der Waals surface area contributed by atoms with Gasteiger partial charge in [0.05, 0.1) is 20.2 Å². The van der Waals surface area contributed by atoms with Crippen LogP contribution < -0.4 is 4.74 Å². The number of aromatic nitrogens is 1. The van der Waals surface area contributed by atoms with Crippen LogP contribution in [0.2, 0.25) is 0 Å². The minimum Gasteiger partial charge on any atom is -0.497 e. The maximum absolute atomic E-state index is 13.7. The Morgan fingerprint density at radius 1 is 0.925 bits per heavy atom. The summed E-state index contributed by atoms with van der Waals surface area (Å²) >= 11 is 0. The third-order valence-electron chi connectivity index (χ3n) is 7.64. The molecule has 0 bridgehead atoms. The number of rotatable bonds is 21. The van der Waals surface area contributed by atoms with Crippen LogP contribution in [-0.2, 0) is 27.4 Å². The molecule has 7 nitrogen and oxygen atoms in total. The average Bonchev–Trinajstić information content (AvgIpc) is 3.40. The van der Waals surface area contributed by atoms with Crippen molar-refractivity contribution in [1.82, 2.24) is 14.4 Å². The van der Waals surface area contributed by atoms with E-state index in [1.165, 1.54) is 32.1 Å². The number of benzene rings is 1.